The van der Waals surface area contributed by atoms with Crippen molar-refractivity contribution in [2.75, 3.05) is 37.2 Å². The van der Waals surface area contributed by atoms with Gasteiger partial charge in [0.25, 0.3) is 11.8 Å². The Morgan fingerprint density at radius 3 is 2.61 bits per heavy atom. The Hall–Kier alpha value is -3.44. The zero-order chi connectivity index (χ0) is 20.1. The summed E-state index contributed by atoms with van der Waals surface area (Å²) < 4.78 is 5.13. The number of nitrogens with two attached hydrogens (primary N) is 1. The van der Waals surface area contributed by atoms with Gasteiger partial charge in [0.15, 0.2) is 5.76 Å². The van der Waals surface area contributed by atoms with E-state index in [2.05, 4.69) is 5.32 Å². The van der Waals surface area contributed by atoms with Gasteiger partial charge in [0.05, 0.1) is 17.0 Å². The number of carbonyl (C=O) groups is 2. The number of benzene rings is 1. The fourth-order valence-electron chi connectivity index (χ4n) is 2.75. The van der Waals surface area contributed by atoms with Crippen molar-refractivity contribution in [1.82, 2.24) is 9.80 Å². The molecule has 0 unspecified atom stereocenters. The van der Waals surface area contributed by atoms with E-state index in [-0.39, 0.29) is 16.5 Å². The smallest absolute Gasteiger partial charge is 0.289 e. The summed E-state index contributed by atoms with van der Waals surface area (Å²) in [6.07, 6.45) is 2.95. The Morgan fingerprint density at radius 2 is 2.00 bits per heavy atom. The molecule has 8 nitrogen and oxygen atoms in total. The number of furan rings is 1. The first kappa shape index (κ1) is 19.3. The number of nitriles is 1. The maximum atomic E-state index is 12.4. The van der Waals surface area contributed by atoms with Crippen LogP contribution in [0.5, 0.6) is 0 Å². The number of nitrogens with one attached hydrogen (secondary N) is 1. The van der Waals surface area contributed by atoms with Crippen LogP contribution in [0, 0.1) is 11.3 Å². The molecule has 2 aromatic rings. The van der Waals surface area contributed by atoms with Gasteiger partial charge >= 0.3 is 0 Å². The number of hydrogen-bond acceptors (Lipinski definition) is 6. The topological polar surface area (TPSA) is 116 Å². The predicted molar refractivity (Wildman–Crippen MR) is 104 cm³/mol. The standard InChI is InChI=1S/C19H18ClN5O3/c20-15-10-14(22)3-4-16(15)23-18(26)13(11-21)12-24-5-7-25(8-6-24)19(27)17-2-1-9-28-17/h1-4,9-10,12H,5-8,22H2,(H,23,26)/b13-12-. The molecule has 0 atom stereocenters. The van der Waals surface area contributed by atoms with Gasteiger partial charge in [-0.25, -0.2) is 0 Å². The molecule has 0 bridgehead atoms. The number of halogens is 1. The summed E-state index contributed by atoms with van der Waals surface area (Å²) in [6.45, 7) is 1.90. The van der Waals surface area contributed by atoms with Crippen LogP contribution in [-0.4, -0.2) is 47.8 Å². The maximum absolute atomic E-state index is 12.4. The second kappa shape index (κ2) is 8.50. The van der Waals surface area contributed by atoms with Crippen molar-refractivity contribution in [3.8, 4) is 6.07 Å². The van der Waals surface area contributed by atoms with Crippen LogP contribution in [0.3, 0.4) is 0 Å². The Morgan fingerprint density at radius 1 is 1.25 bits per heavy atom. The van der Waals surface area contributed by atoms with Crippen LogP contribution in [0.15, 0.2) is 52.8 Å². The van der Waals surface area contributed by atoms with Gasteiger partial charge in [-0.15, -0.1) is 0 Å². The second-order valence-corrected chi connectivity index (χ2v) is 6.56. The molecule has 9 heteroatoms. The lowest BCUT2D eigenvalue weighted by molar-refractivity contribution is -0.112. The van der Waals surface area contributed by atoms with E-state index in [1.54, 1.807) is 29.2 Å². The molecule has 0 saturated carbocycles. The molecule has 0 spiro atoms. The first-order valence-electron chi connectivity index (χ1n) is 8.53. The highest BCUT2D eigenvalue weighted by atomic mass is 35.5. The molecule has 1 saturated heterocycles. The van der Waals surface area contributed by atoms with Gasteiger partial charge in [-0.1, -0.05) is 11.6 Å². The molecule has 2 amide bonds. The van der Waals surface area contributed by atoms with E-state index in [1.165, 1.54) is 18.5 Å². The summed E-state index contributed by atoms with van der Waals surface area (Å²) in [5.41, 5.74) is 6.42. The molecule has 1 aliphatic rings. The minimum absolute atomic E-state index is 0.0568. The summed E-state index contributed by atoms with van der Waals surface area (Å²) in [5.74, 6) is -0.449. The van der Waals surface area contributed by atoms with Gasteiger partial charge in [0.2, 0.25) is 0 Å². The molecule has 3 N–H and O–H groups in total. The van der Waals surface area contributed by atoms with Gasteiger partial charge in [0, 0.05) is 38.1 Å². The molecule has 28 heavy (non-hydrogen) atoms. The van der Waals surface area contributed by atoms with Crippen LogP contribution in [0.2, 0.25) is 5.02 Å². The average molecular weight is 400 g/mol. The van der Waals surface area contributed by atoms with Crippen LogP contribution in [-0.2, 0) is 4.79 Å². The minimum Gasteiger partial charge on any atom is -0.459 e. The van der Waals surface area contributed by atoms with Crippen LogP contribution in [0.4, 0.5) is 11.4 Å². The fourth-order valence-corrected chi connectivity index (χ4v) is 2.99. The van der Waals surface area contributed by atoms with Crippen LogP contribution in [0.1, 0.15) is 10.6 Å². The zero-order valence-corrected chi connectivity index (χ0v) is 15.6. The predicted octanol–water partition coefficient (Wildman–Crippen LogP) is 2.32. The average Bonchev–Trinajstić information content (AvgIpc) is 3.23. The van der Waals surface area contributed by atoms with E-state index in [9.17, 15) is 14.9 Å². The van der Waals surface area contributed by atoms with E-state index in [0.717, 1.165) is 0 Å². The zero-order valence-electron chi connectivity index (χ0n) is 14.9. The number of nitrogen functional groups attached to an aromatic ring is 1. The SMILES string of the molecule is N#C/C(=C/N1CCN(C(=O)c2ccco2)CC1)C(=O)Nc1ccc(N)cc1Cl. The number of anilines is 2. The van der Waals surface area contributed by atoms with E-state index < -0.39 is 5.91 Å². The molecule has 1 fully saturated rings. The van der Waals surface area contributed by atoms with Crippen LogP contribution < -0.4 is 11.1 Å². The molecule has 1 aromatic carbocycles. The lowest BCUT2D eigenvalue weighted by Crippen LogP contribution is -2.47. The Kier molecular flexibility index (Phi) is 5.87. The molecule has 1 aromatic heterocycles. The molecule has 3 rings (SSSR count). The van der Waals surface area contributed by atoms with Gasteiger partial charge in [-0.3, -0.25) is 9.59 Å². The largest absolute Gasteiger partial charge is 0.459 e. The minimum atomic E-state index is -0.566. The highest BCUT2D eigenvalue weighted by Gasteiger charge is 2.23. The highest BCUT2D eigenvalue weighted by molar-refractivity contribution is 6.34. The maximum Gasteiger partial charge on any atom is 0.289 e. The number of rotatable bonds is 4. The van der Waals surface area contributed by atoms with Gasteiger partial charge < -0.3 is 25.3 Å². The first-order valence-corrected chi connectivity index (χ1v) is 8.91. The number of carbonyl (C=O) groups excluding carboxylic acids is 2. The van der Waals surface area contributed by atoms with Gasteiger partial charge in [0.1, 0.15) is 11.6 Å². The third-order valence-corrected chi connectivity index (χ3v) is 4.56. The van der Waals surface area contributed by atoms with E-state index in [1.807, 2.05) is 11.0 Å². The summed E-state index contributed by atoms with van der Waals surface area (Å²) in [6, 6.07) is 9.88. The van der Waals surface area contributed by atoms with Gasteiger partial charge in [-0.2, -0.15) is 5.26 Å². The summed E-state index contributed by atoms with van der Waals surface area (Å²) in [7, 11) is 0. The molecule has 144 valence electrons. The Bertz CT molecular complexity index is 941. The molecule has 0 aliphatic carbocycles. The monoisotopic (exact) mass is 399 g/mol. The fraction of sp³-hybridized carbons (Fsp3) is 0.211. The second-order valence-electron chi connectivity index (χ2n) is 6.15. The van der Waals surface area contributed by atoms with Crippen molar-refractivity contribution in [1.29, 1.82) is 5.26 Å². The Labute approximate surface area is 166 Å². The summed E-state index contributed by atoms with van der Waals surface area (Å²) in [5, 5.41) is 12.2. The van der Waals surface area contributed by atoms with E-state index >= 15 is 0 Å². The number of nitrogens with zero attached hydrogens (tertiary/aromatic N) is 3. The van der Waals surface area contributed by atoms with Crippen LogP contribution in [0.25, 0.3) is 0 Å². The first-order chi connectivity index (χ1) is 13.5. The summed E-state index contributed by atoms with van der Waals surface area (Å²) in [4.78, 5) is 28.2. The number of hydrogen-bond donors (Lipinski definition) is 2. The summed E-state index contributed by atoms with van der Waals surface area (Å²) >= 11 is 6.05. The molecular formula is C19H18ClN5O3. The Balaban J connectivity index is 1.61. The third-order valence-electron chi connectivity index (χ3n) is 4.25. The number of piperazine rings is 1. The lowest BCUT2D eigenvalue weighted by Gasteiger charge is -2.33. The molecular weight excluding hydrogens is 382 g/mol. The quantitative estimate of drug-likeness (QED) is 0.463. The molecule has 2 heterocycles. The normalized spacial score (nSPS) is 14.5. The molecule has 0 radical (unpaired) electrons. The number of amides is 2. The lowest BCUT2D eigenvalue weighted by atomic mass is 10.2. The van der Waals surface area contributed by atoms with Crippen molar-refractivity contribution in [2.24, 2.45) is 0 Å². The van der Waals surface area contributed by atoms with Crippen LogP contribution >= 0.6 is 11.6 Å². The highest BCUT2D eigenvalue weighted by Crippen LogP contribution is 2.24. The van der Waals surface area contributed by atoms with Crippen molar-refractivity contribution in [3.63, 3.8) is 0 Å². The third kappa shape index (κ3) is 4.45. The van der Waals surface area contributed by atoms with Gasteiger partial charge in [-0.05, 0) is 30.3 Å². The van der Waals surface area contributed by atoms with Crippen molar-refractivity contribution >= 4 is 34.8 Å². The van der Waals surface area contributed by atoms with Crippen molar-refractivity contribution in [3.05, 3.63) is 59.2 Å². The van der Waals surface area contributed by atoms with Crippen molar-refractivity contribution in [2.45, 2.75) is 0 Å². The van der Waals surface area contributed by atoms with Crippen molar-refractivity contribution < 1.29 is 14.0 Å². The van der Waals surface area contributed by atoms with E-state index in [0.29, 0.717) is 43.3 Å². The molecule has 1 aliphatic heterocycles. The van der Waals surface area contributed by atoms with E-state index in [4.69, 9.17) is 21.8 Å².